The van der Waals surface area contributed by atoms with E-state index >= 15 is 0 Å². The minimum absolute atomic E-state index is 0.103. The molecule has 15 heavy (non-hydrogen) atoms. The first-order valence-electron chi connectivity index (χ1n) is 6.25. The molecule has 0 aromatic rings. The van der Waals surface area contributed by atoms with Crippen LogP contribution in [0.5, 0.6) is 0 Å². The first-order valence-corrected chi connectivity index (χ1v) is 7.24. The van der Waals surface area contributed by atoms with Crippen LogP contribution in [0, 0.1) is 0 Å². The highest BCUT2D eigenvalue weighted by molar-refractivity contribution is 8.00. The Morgan fingerprint density at radius 1 is 1.33 bits per heavy atom. The third-order valence-corrected chi connectivity index (χ3v) is 5.31. The fourth-order valence-corrected chi connectivity index (χ4v) is 3.93. The summed E-state index contributed by atoms with van der Waals surface area (Å²) in [6.45, 7) is 3.42. The van der Waals surface area contributed by atoms with Gasteiger partial charge in [0.1, 0.15) is 0 Å². The molecule has 1 aliphatic carbocycles. The van der Waals surface area contributed by atoms with Gasteiger partial charge in [0.05, 0.1) is 6.10 Å². The van der Waals surface area contributed by atoms with Gasteiger partial charge in [0.2, 0.25) is 0 Å². The van der Waals surface area contributed by atoms with Crippen LogP contribution < -0.4 is 5.32 Å². The topological polar surface area (TPSA) is 32.3 Å². The molecule has 2 fully saturated rings. The second-order valence-corrected chi connectivity index (χ2v) is 6.92. The van der Waals surface area contributed by atoms with Gasteiger partial charge in [-0.05, 0) is 38.4 Å². The first kappa shape index (κ1) is 11.7. The number of aliphatic hydroxyl groups is 1. The van der Waals surface area contributed by atoms with Crippen LogP contribution in [-0.4, -0.2) is 34.3 Å². The smallest absolute Gasteiger partial charge is 0.0693 e. The Kier molecular flexibility index (Phi) is 3.97. The molecule has 0 radical (unpaired) electrons. The van der Waals surface area contributed by atoms with Crippen LogP contribution in [0.15, 0.2) is 0 Å². The van der Waals surface area contributed by atoms with Gasteiger partial charge in [-0.3, -0.25) is 0 Å². The molecule has 0 aromatic heterocycles. The van der Waals surface area contributed by atoms with Gasteiger partial charge in [-0.2, -0.15) is 11.8 Å². The van der Waals surface area contributed by atoms with Crippen molar-refractivity contribution in [2.45, 2.75) is 62.3 Å². The molecular formula is C12H23NOS. The minimum atomic E-state index is -0.103. The van der Waals surface area contributed by atoms with Crippen LogP contribution in [0.2, 0.25) is 0 Å². The van der Waals surface area contributed by atoms with E-state index in [4.69, 9.17) is 0 Å². The SMILES string of the molecule is CC1(CN[C@H]2CCCC[C@@H]2O)CCCS1. The molecule has 1 heterocycles. The van der Waals surface area contributed by atoms with Crippen molar-refractivity contribution in [3.63, 3.8) is 0 Å². The maximum atomic E-state index is 9.86. The van der Waals surface area contributed by atoms with Gasteiger partial charge in [-0.25, -0.2) is 0 Å². The molecule has 3 heteroatoms. The van der Waals surface area contributed by atoms with Crippen molar-refractivity contribution in [2.24, 2.45) is 0 Å². The average Bonchev–Trinajstić information content (AvgIpc) is 2.65. The highest BCUT2D eigenvalue weighted by atomic mass is 32.2. The van der Waals surface area contributed by atoms with Gasteiger partial charge < -0.3 is 10.4 Å². The third-order valence-electron chi connectivity index (χ3n) is 3.77. The maximum Gasteiger partial charge on any atom is 0.0693 e. The Balaban J connectivity index is 1.76. The fraction of sp³-hybridized carbons (Fsp3) is 1.00. The Bertz CT molecular complexity index is 204. The summed E-state index contributed by atoms with van der Waals surface area (Å²) in [4.78, 5) is 0. The lowest BCUT2D eigenvalue weighted by atomic mass is 9.92. The maximum absolute atomic E-state index is 9.86. The first-order chi connectivity index (χ1) is 7.20. The number of rotatable bonds is 3. The summed E-state index contributed by atoms with van der Waals surface area (Å²) in [6, 6.07) is 0.358. The van der Waals surface area contributed by atoms with Gasteiger partial charge in [0.25, 0.3) is 0 Å². The number of nitrogens with one attached hydrogen (secondary N) is 1. The van der Waals surface area contributed by atoms with E-state index in [1.54, 1.807) is 0 Å². The van der Waals surface area contributed by atoms with E-state index in [1.165, 1.54) is 31.4 Å². The highest BCUT2D eigenvalue weighted by Gasteiger charge is 2.31. The van der Waals surface area contributed by atoms with E-state index in [1.807, 2.05) is 0 Å². The van der Waals surface area contributed by atoms with Crippen LogP contribution >= 0.6 is 11.8 Å². The Morgan fingerprint density at radius 2 is 2.13 bits per heavy atom. The second-order valence-electron chi connectivity index (χ2n) is 5.24. The molecule has 88 valence electrons. The number of aliphatic hydroxyl groups excluding tert-OH is 1. The van der Waals surface area contributed by atoms with Gasteiger partial charge in [0.15, 0.2) is 0 Å². The average molecular weight is 229 g/mol. The summed E-state index contributed by atoms with van der Waals surface area (Å²) < 4.78 is 0.428. The van der Waals surface area contributed by atoms with E-state index in [0.717, 1.165) is 19.4 Å². The number of thioether (sulfide) groups is 1. The molecule has 1 saturated carbocycles. The minimum Gasteiger partial charge on any atom is -0.392 e. The predicted molar refractivity (Wildman–Crippen MR) is 66.4 cm³/mol. The second kappa shape index (κ2) is 5.07. The molecule has 1 aliphatic heterocycles. The van der Waals surface area contributed by atoms with Crippen molar-refractivity contribution in [3.8, 4) is 0 Å². The van der Waals surface area contributed by atoms with Crippen molar-refractivity contribution < 1.29 is 5.11 Å². The summed E-state index contributed by atoms with van der Waals surface area (Å²) in [7, 11) is 0. The highest BCUT2D eigenvalue weighted by Crippen LogP contribution is 2.37. The van der Waals surface area contributed by atoms with Crippen LogP contribution in [0.25, 0.3) is 0 Å². The van der Waals surface area contributed by atoms with Gasteiger partial charge >= 0.3 is 0 Å². The third kappa shape index (κ3) is 3.11. The molecule has 3 atom stereocenters. The van der Waals surface area contributed by atoms with E-state index in [9.17, 15) is 5.11 Å². The lowest BCUT2D eigenvalue weighted by molar-refractivity contribution is 0.0900. The zero-order chi connectivity index (χ0) is 10.7. The quantitative estimate of drug-likeness (QED) is 0.778. The monoisotopic (exact) mass is 229 g/mol. The summed E-state index contributed by atoms with van der Waals surface area (Å²) in [5.74, 6) is 1.31. The van der Waals surface area contributed by atoms with Crippen LogP contribution in [0.3, 0.4) is 0 Å². The molecule has 0 bridgehead atoms. The van der Waals surface area contributed by atoms with Gasteiger partial charge in [0, 0.05) is 17.3 Å². The molecule has 2 N–H and O–H groups in total. The van der Waals surface area contributed by atoms with Crippen molar-refractivity contribution in [3.05, 3.63) is 0 Å². The zero-order valence-corrected chi connectivity index (χ0v) is 10.5. The lowest BCUT2D eigenvalue weighted by Crippen LogP contribution is -2.46. The fourth-order valence-electron chi connectivity index (χ4n) is 2.67. The molecule has 0 spiro atoms. The van der Waals surface area contributed by atoms with Crippen LogP contribution in [0.1, 0.15) is 45.4 Å². The lowest BCUT2D eigenvalue weighted by Gasteiger charge is -2.32. The van der Waals surface area contributed by atoms with Crippen molar-refractivity contribution >= 4 is 11.8 Å². The van der Waals surface area contributed by atoms with Gasteiger partial charge in [-0.15, -0.1) is 0 Å². The van der Waals surface area contributed by atoms with E-state index in [2.05, 4.69) is 24.0 Å². The molecule has 2 rings (SSSR count). The van der Waals surface area contributed by atoms with Gasteiger partial charge in [-0.1, -0.05) is 12.8 Å². The molecular weight excluding hydrogens is 206 g/mol. The predicted octanol–water partition coefficient (Wildman–Crippen LogP) is 2.17. The van der Waals surface area contributed by atoms with E-state index in [-0.39, 0.29) is 6.10 Å². The standard InChI is InChI=1S/C12H23NOS/c1-12(7-4-8-15-12)9-13-10-5-2-3-6-11(10)14/h10-11,13-14H,2-9H2,1H3/t10-,11-,12?/m0/s1. The number of hydrogen-bond donors (Lipinski definition) is 2. The van der Waals surface area contributed by atoms with E-state index in [0.29, 0.717) is 10.8 Å². The molecule has 0 aromatic carbocycles. The van der Waals surface area contributed by atoms with E-state index < -0.39 is 0 Å². The summed E-state index contributed by atoms with van der Waals surface area (Å²) in [5, 5.41) is 13.4. The summed E-state index contributed by atoms with van der Waals surface area (Å²) >= 11 is 2.09. The molecule has 0 amide bonds. The molecule has 2 nitrogen and oxygen atoms in total. The normalized spacial score (nSPS) is 42.0. The molecule has 1 unspecified atom stereocenters. The Hall–Kier alpha value is 0.270. The Labute approximate surface area is 97.2 Å². The Morgan fingerprint density at radius 3 is 2.80 bits per heavy atom. The number of hydrogen-bond acceptors (Lipinski definition) is 3. The van der Waals surface area contributed by atoms with Crippen LogP contribution in [0.4, 0.5) is 0 Å². The molecule has 2 aliphatic rings. The summed E-state index contributed by atoms with van der Waals surface area (Å²) in [6.07, 6.45) is 7.20. The molecule has 1 saturated heterocycles. The van der Waals surface area contributed by atoms with Crippen molar-refractivity contribution in [2.75, 3.05) is 12.3 Å². The summed E-state index contributed by atoms with van der Waals surface area (Å²) in [5.41, 5.74) is 0. The van der Waals surface area contributed by atoms with Crippen molar-refractivity contribution in [1.29, 1.82) is 0 Å². The largest absolute Gasteiger partial charge is 0.392 e. The van der Waals surface area contributed by atoms with Crippen molar-refractivity contribution in [1.82, 2.24) is 5.32 Å². The zero-order valence-electron chi connectivity index (χ0n) is 9.67. The van der Waals surface area contributed by atoms with Crippen LogP contribution in [-0.2, 0) is 0 Å².